The molecule has 1 aromatic heterocycles. The summed E-state index contributed by atoms with van der Waals surface area (Å²) >= 11 is 0. The molecule has 1 aliphatic carbocycles. The van der Waals surface area contributed by atoms with Gasteiger partial charge in [0.05, 0.1) is 17.0 Å². The first-order valence-electron chi connectivity index (χ1n) is 26.6. The molecule has 3 heterocycles. The van der Waals surface area contributed by atoms with Crippen LogP contribution in [-0.4, -0.2) is 6.71 Å². The predicted octanol–water partition coefficient (Wildman–Crippen LogP) is 17.4. The van der Waals surface area contributed by atoms with Crippen molar-refractivity contribution in [3.63, 3.8) is 0 Å². The van der Waals surface area contributed by atoms with Crippen LogP contribution in [-0.2, 0) is 21.7 Å². The summed E-state index contributed by atoms with van der Waals surface area (Å²) in [6.07, 6.45) is 6.43. The highest BCUT2D eigenvalue weighted by molar-refractivity contribution is 7.00. The molecule has 3 nitrogen and oxygen atoms in total. The van der Waals surface area contributed by atoms with Crippen LogP contribution < -0.4 is 26.4 Å². The zero-order chi connectivity index (χ0) is 49.9. The minimum atomic E-state index is -0.151. The molecular formula is C67H73BN2O. The lowest BCUT2D eigenvalue weighted by molar-refractivity contribution is 0.444. The number of rotatable bonds is 5. The number of benzene rings is 7. The number of fused-ring (bicyclic) bond motifs is 6. The Morgan fingerprint density at radius 1 is 0.479 bits per heavy atom. The van der Waals surface area contributed by atoms with Crippen LogP contribution in [0.2, 0.25) is 0 Å². The van der Waals surface area contributed by atoms with Gasteiger partial charge >= 0.3 is 0 Å². The van der Waals surface area contributed by atoms with E-state index in [1.54, 1.807) is 0 Å². The summed E-state index contributed by atoms with van der Waals surface area (Å²) in [5.41, 5.74) is 24.5. The maximum absolute atomic E-state index is 7.43. The molecule has 8 aromatic rings. The first-order valence-corrected chi connectivity index (χ1v) is 26.6. The zero-order valence-corrected chi connectivity index (χ0v) is 44.8. The number of hydrogen-bond acceptors (Lipinski definition) is 3. The standard InChI is InChI=1S/C67H73BN2O/c1-42-22-35-60-54(36-42)62-63(71-60)68-55-39-50(66(8,9)10)30-34-57(55)69(52-31-25-45(26-32-52)44-23-28-48(29-24-44)64(2,3)4)58-40-51(67(11,12)13)41-59(61(58)68)70(62)56-33-27-46(43-18-15-14-16-19-43)38-53(56)47-20-17-21-49(37-47)65(5,6)7/h17,20-41,43H,14-16,18-19H2,1-13H3. The number of aryl methyl sites for hydroxylation is 1. The van der Waals surface area contributed by atoms with Crippen LogP contribution in [0.25, 0.3) is 33.2 Å². The van der Waals surface area contributed by atoms with E-state index in [0.717, 1.165) is 28.0 Å². The molecule has 0 spiro atoms. The third kappa shape index (κ3) is 8.34. The van der Waals surface area contributed by atoms with Crippen molar-refractivity contribution in [1.82, 2.24) is 0 Å². The van der Waals surface area contributed by atoms with Gasteiger partial charge in [-0.3, -0.25) is 0 Å². The van der Waals surface area contributed by atoms with Gasteiger partial charge < -0.3 is 14.2 Å². The monoisotopic (exact) mass is 933 g/mol. The third-order valence-electron chi connectivity index (χ3n) is 16.1. The highest BCUT2D eigenvalue weighted by Gasteiger charge is 2.48. The van der Waals surface area contributed by atoms with Gasteiger partial charge in [-0.25, -0.2) is 0 Å². The van der Waals surface area contributed by atoms with Crippen molar-refractivity contribution in [2.24, 2.45) is 0 Å². The molecule has 2 aliphatic heterocycles. The third-order valence-corrected chi connectivity index (χ3v) is 16.1. The van der Waals surface area contributed by atoms with Gasteiger partial charge in [0.2, 0.25) is 0 Å². The van der Waals surface area contributed by atoms with Crippen LogP contribution >= 0.6 is 0 Å². The summed E-state index contributed by atoms with van der Waals surface area (Å²) in [5, 5.41) is 1.15. The predicted molar refractivity (Wildman–Crippen MR) is 306 cm³/mol. The molecule has 4 heteroatoms. The Morgan fingerprint density at radius 3 is 1.72 bits per heavy atom. The van der Waals surface area contributed by atoms with E-state index in [2.05, 4.69) is 239 Å². The Bertz CT molecular complexity index is 3340. The lowest BCUT2D eigenvalue weighted by atomic mass is 9.35. The summed E-state index contributed by atoms with van der Waals surface area (Å²) in [5.74, 6) is 0.564. The van der Waals surface area contributed by atoms with Crippen molar-refractivity contribution in [3.8, 4) is 22.3 Å². The molecule has 360 valence electrons. The highest BCUT2D eigenvalue weighted by atomic mass is 16.3. The summed E-state index contributed by atoms with van der Waals surface area (Å²) in [4.78, 5) is 5.20. The van der Waals surface area contributed by atoms with Gasteiger partial charge in [-0.15, -0.1) is 0 Å². The maximum Gasteiger partial charge on any atom is 0.297 e. The topological polar surface area (TPSA) is 19.6 Å². The van der Waals surface area contributed by atoms with Gasteiger partial charge in [0.25, 0.3) is 6.71 Å². The zero-order valence-electron chi connectivity index (χ0n) is 44.8. The van der Waals surface area contributed by atoms with E-state index in [9.17, 15) is 0 Å². The van der Waals surface area contributed by atoms with E-state index in [0.29, 0.717) is 5.92 Å². The van der Waals surface area contributed by atoms with Crippen LogP contribution in [0.1, 0.15) is 154 Å². The molecule has 1 saturated carbocycles. The van der Waals surface area contributed by atoms with Gasteiger partial charge in [-0.2, -0.15) is 0 Å². The molecule has 3 aliphatic rings. The Balaban J connectivity index is 1.21. The van der Waals surface area contributed by atoms with E-state index in [1.807, 2.05) is 0 Å². The second-order valence-electron chi connectivity index (χ2n) is 25.4. The smallest absolute Gasteiger partial charge is 0.297 e. The minimum Gasteiger partial charge on any atom is -0.468 e. The fourth-order valence-electron chi connectivity index (χ4n) is 11.8. The van der Waals surface area contributed by atoms with Crippen LogP contribution in [0.5, 0.6) is 0 Å². The Hall–Kier alpha value is -6.26. The minimum absolute atomic E-state index is 0.00108. The molecule has 0 radical (unpaired) electrons. The van der Waals surface area contributed by atoms with Crippen molar-refractivity contribution in [2.75, 3.05) is 9.80 Å². The van der Waals surface area contributed by atoms with Crippen molar-refractivity contribution in [3.05, 3.63) is 173 Å². The lowest BCUT2D eigenvalue weighted by Crippen LogP contribution is -2.61. The molecule has 0 atom stereocenters. The number of anilines is 6. The van der Waals surface area contributed by atoms with Crippen molar-refractivity contribution >= 4 is 68.4 Å². The SMILES string of the molecule is Cc1ccc2oc3c(c2c1)N(c1ccc(C2CCCCC2)cc1-c1cccc(C(C)(C)C)c1)c1cc(C(C)(C)C)cc2c1B3c1cc(C(C)(C)C)ccc1N2c1ccc(-c2ccc(C(C)(C)C)cc2)cc1. The van der Waals surface area contributed by atoms with Crippen LogP contribution in [0.3, 0.4) is 0 Å². The summed E-state index contributed by atoms with van der Waals surface area (Å²) in [7, 11) is 0. The molecule has 1 fully saturated rings. The fraction of sp³-hybridized carbons (Fsp3) is 0.343. The average Bonchev–Trinajstić information content (AvgIpc) is 3.71. The van der Waals surface area contributed by atoms with Crippen molar-refractivity contribution in [2.45, 2.75) is 150 Å². The molecule has 71 heavy (non-hydrogen) atoms. The number of furan rings is 1. The van der Waals surface area contributed by atoms with Gasteiger partial charge in [-0.1, -0.05) is 193 Å². The molecule has 11 rings (SSSR count). The van der Waals surface area contributed by atoms with Gasteiger partial charge in [0.1, 0.15) is 5.58 Å². The first-order chi connectivity index (χ1) is 33.6. The molecule has 7 aromatic carbocycles. The Labute approximate surface area is 425 Å². The van der Waals surface area contributed by atoms with Crippen LogP contribution in [0, 0.1) is 6.92 Å². The second kappa shape index (κ2) is 16.9. The van der Waals surface area contributed by atoms with E-state index < -0.39 is 0 Å². The molecular weight excluding hydrogens is 860 g/mol. The second-order valence-corrected chi connectivity index (χ2v) is 25.4. The molecule has 0 amide bonds. The summed E-state index contributed by atoms with van der Waals surface area (Å²) in [6, 6.07) is 54.4. The lowest BCUT2D eigenvalue weighted by Gasteiger charge is -2.44. The van der Waals surface area contributed by atoms with Gasteiger partial charge in [0.15, 0.2) is 0 Å². The quantitative estimate of drug-likeness (QED) is 0.160. The van der Waals surface area contributed by atoms with Gasteiger partial charge in [0, 0.05) is 33.7 Å². The molecule has 0 N–H and O–H groups in total. The number of hydrogen-bond donors (Lipinski definition) is 0. The van der Waals surface area contributed by atoms with E-state index in [-0.39, 0.29) is 28.4 Å². The van der Waals surface area contributed by atoms with E-state index in [1.165, 1.54) is 121 Å². The first kappa shape index (κ1) is 47.1. The van der Waals surface area contributed by atoms with Crippen molar-refractivity contribution < 1.29 is 4.42 Å². The maximum atomic E-state index is 7.43. The number of nitrogens with zero attached hydrogens (tertiary/aromatic N) is 2. The van der Waals surface area contributed by atoms with Crippen LogP contribution in [0.4, 0.5) is 34.1 Å². The highest BCUT2D eigenvalue weighted by Crippen LogP contribution is 2.51. The van der Waals surface area contributed by atoms with Gasteiger partial charge in [-0.05, 0) is 157 Å². The average molecular weight is 933 g/mol. The summed E-state index contributed by atoms with van der Waals surface area (Å²) in [6.45, 7) is 30.0. The molecule has 0 saturated heterocycles. The van der Waals surface area contributed by atoms with Crippen molar-refractivity contribution in [1.29, 1.82) is 0 Å². The summed E-state index contributed by atoms with van der Waals surface area (Å²) < 4.78 is 7.43. The van der Waals surface area contributed by atoms with E-state index in [4.69, 9.17) is 4.42 Å². The molecule has 0 bridgehead atoms. The molecule has 0 unspecified atom stereocenters. The Morgan fingerprint density at radius 2 is 1.07 bits per heavy atom. The Kier molecular flexibility index (Phi) is 11.2. The largest absolute Gasteiger partial charge is 0.468 e. The normalized spacial score (nSPS) is 15.3. The van der Waals surface area contributed by atoms with Crippen LogP contribution in [0.15, 0.2) is 144 Å². The van der Waals surface area contributed by atoms with E-state index >= 15 is 0 Å². The fourth-order valence-corrected chi connectivity index (χ4v) is 11.8.